The van der Waals surface area contributed by atoms with Crippen LogP contribution in [0.4, 0.5) is 0 Å². The third kappa shape index (κ3) is 6.39. The smallest absolute Gasteiger partial charge is 0.242 e. The van der Waals surface area contributed by atoms with E-state index in [0.717, 1.165) is 57.1 Å². The Morgan fingerprint density at radius 1 is 1.18 bits per heavy atom. The van der Waals surface area contributed by atoms with E-state index in [2.05, 4.69) is 31.4 Å². The fourth-order valence-electron chi connectivity index (χ4n) is 3.72. The van der Waals surface area contributed by atoms with Crippen LogP contribution in [0.5, 0.6) is 0 Å². The summed E-state index contributed by atoms with van der Waals surface area (Å²) in [5.41, 5.74) is 1.14. The summed E-state index contributed by atoms with van der Waals surface area (Å²) in [5.74, 6) is 0.317. The molecular formula is C23H39N3O2. The molecule has 158 valence electrons. The molecule has 1 unspecified atom stereocenters. The fraction of sp³-hybridized carbons (Fsp3) is 0.739. The first kappa shape index (κ1) is 22.5. The topological polar surface area (TPSA) is 45.6 Å². The highest BCUT2D eigenvalue weighted by Gasteiger charge is 2.34. The number of hydrogen-bond donors (Lipinski definition) is 0. The zero-order valence-electron chi connectivity index (χ0n) is 18.3. The van der Waals surface area contributed by atoms with Gasteiger partial charge in [-0.3, -0.25) is 9.59 Å². The predicted molar refractivity (Wildman–Crippen MR) is 114 cm³/mol. The number of hydrogen-bond acceptors (Lipinski definition) is 2. The lowest BCUT2D eigenvalue weighted by Gasteiger charge is -2.30. The van der Waals surface area contributed by atoms with Crippen LogP contribution in [-0.4, -0.2) is 45.3 Å². The monoisotopic (exact) mass is 389 g/mol. The molecule has 5 nitrogen and oxygen atoms in total. The van der Waals surface area contributed by atoms with E-state index >= 15 is 0 Å². The Hall–Kier alpha value is -1.78. The van der Waals surface area contributed by atoms with Gasteiger partial charge in [0.25, 0.3) is 0 Å². The van der Waals surface area contributed by atoms with Crippen molar-refractivity contribution in [3.8, 4) is 0 Å². The molecule has 1 aliphatic rings. The van der Waals surface area contributed by atoms with Gasteiger partial charge >= 0.3 is 0 Å². The number of carbonyl (C=O) groups is 2. The largest absolute Gasteiger partial charge is 0.353 e. The lowest BCUT2D eigenvalue weighted by Crippen LogP contribution is -2.46. The van der Waals surface area contributed by atoms with Gasteiger partial charge in [0.05, 0.1) is 13.1 Å². The highest BCUT2D eigenvalue weighted by Crippen LogP contribution is 2.29. The first-order chi connectivity index (χ1) is 13.5. The van der Waals surface area contributed by atoms with Crippen molar-refractivity contribution in [2.75, 3.05) is 13.1 Å². The minimum Gasteiger partial charge on any atom is -0.353 e. The molecule has 0 aliphatic heterocycles. The Balaban J connectivity index is 2.06. The van der Waals surface area contributed by atoms with Crippen LogP contribution in [0.15, 0.2) is 18.3 Å². The predicted octanol–water partition coefficient (Wildman–Crippen LogP) is 4.36. The molecule has 0 bridgehead atoms. The molecule has 0 aromatic carbocycles. The lowest BCUT2D eigenvalue weighted by molar-refractivity contribution is -0.144. The van der Waals surface area contributed by atoms with Crippen molar-refractivity contribution in [1.29, 1.82) is 0 Å². The van der Waals surface area contributed by atoms with Crippen molar-refractivity contribution in [2.45, 2.75) is 84.7 Å². The zero-order chi connectivity index (χ0) is 20.5. The van der Waals surface area contributed by atoms with Crippen LogP contribution < -0.4 is 0 Å². The summed E-state index contributed by atoms with van der Waals surface area (Å²) >= 11 is 0. The molecule has 0 saturated heterocycles. The van der Waals surface area contributed by atoms with Crippen molar-refractivity contribution in [3.63, 3.8) is 0 Å². The highest BCUT2D eigenvalue weighted by atomic mass is 16.2. The molecule has 0 N–H and O–H groups in total. The van der Waals surface area contributed by atoms with E-state index in [9.17, 15) is 9.59 Å². The second-order valence-electron chi connectivity index (χ2n) is 8.22. The number of aryl methyl sites for hydroxylation is 1. The van der Waals surface area contributed by atoms with Crippen LogP contribution in [0, 0.1) is 5.92 Å². The molecule has 1 fully saturated rings. The van der Waals surface area contributed by atoms with Gasteiger partial charge in [0.1, 0.15) is 0 Å². The summed E-state index contributed by atoms with van der Waals surface area (Å²) in [6.07, 6.45) is 10.1. The maximum atomic E-state index is 13.2. The molecule has 1 aromatic heterocycles. The van der Waals surface area contributed by atoms with Gasteiger partial charge in [0.15, 0.2) is 0 Å². The Bertz CT molecular complexity index is 621. The Morgan fingerprint density at radius 3 is 2.43 bits per heavy atom. The van der Waals surface area contributed by atoms with Crippen molar-refractivity contribution < 1.29 is 9.59 Å². The second-order valence-corrected chi connectivity index (χ2v) is 8.22. The first-order valence-electron chi connectivity index (χ1n) is 11.2. The van der Waals surface area contributed by atoms with Gasteiger partial charge in [-0.25, -0.2) is 0 Å². The number of carbonyl (C=O) groups excluding carboxylic acids is 2. The number of amides is 2. The van der Waals surface area contributed by atoms with E-state index < -0.39 is 0 Å². The average Bonchev–Trinajstić information content (AvgIpc) is 3.45. The quantitative estimate of drug-likeness (QED) is 0.503. The van der Waals surface area contributed by atoms with E-state index in [1.54, 1.807) is 0 Å². The van der Waals surface area contributed by atoms with Gasteiger partial charge in [-0.15, -0.1) is 0 Å². The van der Waals surface area contributed by atoms with Crippen LogP contribution in [0.2, 0.25) is 0 Å². The van der Waals surface area contributed by atoms with Crippen LogP contribution in [0.3, 0.4) is 0 Å². The molecule has 2 rings (SSSR count). The first-order valence-corrected chi connectivity index (χ1v) is 11.2. The summed E-state index contributed by atoms with van der Waals surface area (Å²) < 4.78 is 2.07. The molecule has 0 radical (unpaired) electrons. The van der Waals surface area contributed by atoms with Crippen molar-refractivity contribution in [1.82, 2.24) is 14.4 Å². The number of unbranched alkanes of at least 4 members (excludes halogenated alkanes) is 2. The van der Waals surface area contributed by atoms with Crippen LogP contribution in [0.1, 0.15) is 77.8 Å². The Kier molecular flexibility index (Phi) is 9.07. The molecule has 1 atom stereocenters. The second kappa shape index (κ2) is 11.3. The van der Waals surface area contributed by atoms with Crippen LogP contribution in [0.25, 0.3) is 0 Å². The molecule has 1 saturated carbocycles. The third-order valence-corrected chi connectivity index (χ3v) is 5.86. The summed E-state index contributed by atoms with van der Waals surface area (Å²) in [4.78, 5) is 30.2. The van der Waals surface area contributed by atoms with Crippen molar-refractivity contribution >= 4 is 11.8 Å². The molecule has 0 spiro atoms. The van der Waals surface area contributed by atoms with Gasteiger partial charge in [0, 0.05) is 37.4 Å². The van der Waals surface area contributed by atoms with Gasteiger partial charge < -0.3 is 14.4 Å². The van der Waals surface area contributed by atoms with Crippen LogP contribution >= 0.6 is 0 Å². The SMILES string of the molecule is CCCCC(CC)C(=O)N(CCCC)CC(=O)N(Cc1cccn1C)C1CC1. The summed E-state index contributed by atoms with van der Waals surface area (Å²) in [5, 5.41) is 0. The van der Waals surface area contributed by atoms with Gasteiger partial charge in [-0.2, -0.15) is 0 Å². The molecule has 28 heavy (non-hydrogen) atoms. The maximum absolute atomic E-state index is 13.2. The van der Waals surface area contributed by atoms with Crippen LogP contribution in [-0.2, 0) is 23.2 Å². The van der Waals surface area contributed by atoms with Crippen molar-refractivity contribution in [2.24, 2.45) is 13.0 Å². The van der Waals surface area contributed by atoms with Gasteiger partial charge in [-0.1, -0.05) is 40.0 Å². The minimum atomic E-state index is 0.0480. The summed E-state index contributed by atoms with van der Waals surface area (Å²) in [6.45, 7) is 7.92. The molecule has 5 heteroatoms. The average molecular weight is 390 g/mol. The molecule has 2 amide bonds. The summed E-state index contributed by atoms with van der Waals surface area (Å²) in [6, 6.07) is 4.43. The molecule has 1 aliphatic carbocycles. The van der Waals surface area contributed by atoms with E-state index in [1.165, 1.54) is 0 Å². The normalized spacial score (nSPS) is 14.7. The van der Waals surface area contributed by atoms with E-state index in [0.29, 0.717) is 19.1 Å². The van der Waals surface area contributed by atoms with E-state index in [-0.39, 0.29) is 24.3 Å². The highest BCUT2D eigenvalue weighted by molar-refractivity contribution is 5.86. The third-order valence-electron chi connectivity index (χ3n) is 5.86. The molecule has 1 heterocycles. The Morgan fingerprint density at radius 2 is 1.89 bits per heavy atom. The van der Waals surface area contributed by atoms with E-state index in [4.69, 9.17) is 0 Å². The number of nitrogens with zero attached hydrogens (tertiary/aromatic N) is 3. The number of rotatable bonds is 13. The maximum Gasteiger partial charge on any atom is 0.242 e. The van der Waals surface area contributed by atoms with E-state index in [1.807, 2.05) is 29.1 Å². The standard InChI is InChI=1S/C23H39N3O2/c1-5-8-11-19(7-3)23(28)25(16-9-6-2)18-22(27)26(20-13-14-20)17-21-12-10-15-24(21)4/h10,12,15,19-20H,5-9,11,13-14,16-18H2,1-4H3. The molecule has 1 aromatic rings. The molecular weight excluding hydrogens is 350 g/mol. The Labute approximate surface area is 171 Å². The summed E-state index contributed by atoms with van der Waals surface area (Å²) in [7, 11) is 2.02. The van der Waals surface area contributed by atoms with Gasteiger partial charge in [0.2, 0.25) is 11.8 Å². The fourth-order valence-corrected chi connectivity index (χ4v) is 3.72. The van der Waals surface area contributed by atoms with Gasteiger partial charge in [-0.05, 0) is 44.2 Å². The zero-order valence-corrected chi connectivity index (χ0v) is 18.3. The lowest BCUT2D eigenvalue weighted by atomic mass is 9.97. The van der Waals surface area contributed by atoms with Crippen molar-refractivity contribution in [3.05, 3.63) is 24.0 Å². The number of aromatic nitrogens is 1. The minimum absolute atomic E-state index is 0.0480.